The number of halogens is 1. The number of ketones is 1. The number of carbonyl (C=O) groups is 3. The molecule has 3 aromatic rings. The second-order valence-corrected chi connectivity index (χ2v) is 9.65. The molecule has 0 radical (unpaired) electrons. The molecule has 9 nitrogen and oxygen atoms in total. The standard InChI is InChI=1S/C29H24FN3O6/c30-20-10-8-17(9-11-20)29-28-23(15-19(16-25(28)34)18-4-3-5-21(14-18)33(38)39)31-22-6-1-2-7-24(22)32(29)26(35)12-13-27(36)37/h1-11,14,19,28-29H,12-13,15-16H2,(H,36,37)/t19-,28?,29-/m1/s1. The molecule has 3 atom stereocenters. The fourth-order valence-electron chi connectivity index (χ4n) is 5.45. The first-order chi connectivity index (χ1) is 18.7. The van der Waals surface area contributed by atoms with Gasteiger partial charge in [0, 0.05) is 30.7 Å². The van der Waals surface area contributed by atoms with E-state index in [9.17, 15) is 34.0 Å². The Kier molecular flexibility index (Phi) is 7.02. The third kappa shape index (κ3) is 5.18. The number of amides is 1. The van der Waals surface area contributed by atoms with E-state index in [0.29, 0.717) is 34.6 Å². The van der Waals surface area contributed by atoms with Gasteiger partial charge in [-0.2, -0.15) is 0 Å². The molecule has 1 amide bonds. The van der Waals surface area contributed by atoms with Crippen molar-refractivity contribution in [2.24, 2.45) is 10.9 Å². The normalized spacial score (nSPS) is 20.3. The van der Waals surface area contributed by atoms with E-state index in [1.165, 1.54) is 41.3 Å². The maximum atomic E-state index is 13.9. The molecule has 198 valence electrons. The molecule has 1 N–H and O–H groups in total. The highest BCUT2D eigenvalue weighted by molar-refractivity contribution is 6.13. The molecule has 39 heavy (non-hydrogen) atoms. The lowest BCUT2D eigenvalue weighted by molar-refractivity contribution is -0.384. The monoisotopic (exact) mass is 529 g/mol. The first-order valence-corrected chi connectivity index (χ1v) is 12.5. The molecular formula is C29H24FN3O6. The van der Waals surface area contributed by atoms with Crippen LogP contribution in [0.1, 0.15) is 48.8 Å². The van der Waals surface area contributed by atoms with Gasteiger partial charge >= 0.3 is 5.97 Å². The van der Waals surface area contributed by atoms with Crippen LogP contribution in [0, 0.1) is 21.8 Å². The van der Waals surface area contributed by atoms with Crippen LogP contribution >= 0.6 is 0 Å². The van der Waals surface area contributed by atoms with Gasteiger partial charge in [-0.3, -0.25) is 29.5 Å². The number of nitro groups is 1. The molecule has 0 aromatic heterocycles. The number of nitro benzene ring substituents is 1. The molecule has 1 saturated carbocycles. The Morgan fingerprint density at radius 3 is 2.46 bits per heavy atom. The predicted octanol–water partition coefficient (Wildman–Crippen LogP) is 5.52. The van der Waals surface area contributed by atoms with Gasteiger partial charge in [0.1, 0.15) is 11.6 Å². The van der Waals surface area contributed by atoms with E-state index in [2.05, 4.69) is 0 Å². The Morgan fingerprint density at radius 1 is 1.00 bits per heavy atom. The predicted molar refractivity (Wildman–Crippen MR) is 141 cm³/mol. The Hall–Kier alpha value is -4.73. The van der Waals surface area contributed by atoms with Gasteiger partial charge in [-0.25, -0.2) is 4.39 Å². The zero-order valence-electron chi connectivity index (χ0n) is 20.7. The maximum Gasteiger partial charge on any atom is 0.303 e. The number of Topliss-reactive ketones (excluding diaryl/α,β-unsaturated/α-hetero) is 1. The van der Waals surface area contributed by atoms with Gasteiger partial charge in [-0.1, -0.05) is 36.4 Å². The SMILES string of the molecule is O=C(O)CCC(=O)N1c2ccccc2N=C2C[C@@H](c3cccc([N+](=O)[O-])c3)CC(=O)C2[C@H]1c1ccc(F)cc1. The van der Waals surface area contributed by atoms with Crippen LogP contribution < -0.4 is 4.90 Å². The van der Waals surface area contributed by atoms with Gasteiger partial charge in [0.25, 0.3) is 5.69 Å². The minimum atomic E-state index is -1.13. The minimum Gasteiger partial charge on any atom is -0.481 e. The lowest BCUT2D eigenvalue weighted by atomic mass is 9.72. The van der Waals surface area contributed by atoms with Crippen LogP contribution in [0.2, 0.25) is 0 Å². The smallest absolute Gasteiger partial charge is 0.303 e. The largest absolute Gasteiger partial charge is 0.481 e. The van der Waals surface area contributed by atoms with Gasteiger partial charge < -0.3 is 10.0 Å². The molecule has 0 saturated heterocycles. The van der Waals surface area contributed by atoms with Crippen molar-refractivity contribution in [1.29, 1.82) is 0 Å². The van der Waals surface area contributed by atoms with Crippen molar-refractivity contribution >= 4 is 40.4 Å². The van der Waals surface area contributed by atoms with Crippen LogP contribution in [0.4, 0.5) is 21.5 Å². The Balaban J connectivity index is 1.64. The number of carboxylic acids is 1. The molecule has 5 rings (SSSR count). The highest BCUT2D eigenvalue weighted by Crippen LogP contribution is 2.47. The van der Waals surface area contributed by atoms with Crippen LogP contribution in [-0.2, 0) is 14.4 Å². The average Bonchev–Trinajstić information content (AvgIpc) is 3.07. The first kappa shape index (κ1) is 25.9. The van der Waals surface area contributed by atoms with Crippen molar-refractivity contribution in [2.75, 3.05) is 4.90 Å². The summed E-state index contributed by atoms with van der Waals surface area (Å²) < 4.78 is 13.9. The molecule has 0 bridgehead atoms. The summed E-state index contributed by atoms with van der Waals surface area (Å²) >= 11 is 0. The minimum absolute atomic E-state index is 0.0655. The highest BCUT2D eigenvalue weighted by Gasteiger charge is 2.46. The number of hydrogen-bond donors (Lipinski definition) is 1. The van der Waals surface area contributed by atoms with Crippen LogP contribution in [0.5, 0.6) is 0 Å². The summed E-state index contributed by atoms with van der Waals surface area (Å²) in [5, 5.41) is 20.6. The molecule has 3 aromatic carbocycles. The summed E-state index contributed by atoms with van der Waals surface area (Å²) in [7, 11) is 0. The number of nitrogens with zero attached hydrogens (tertiary/aromatic N) is 3. The molecule has 0 spiro atoms. The zero-order chi connectivity index (χ0) is 27.7. The van der Waals surface area contributed by atoms with Gasteiger partial charge in [-0.15, -0.1) is 0 Å². The van der Waals surface area contributed by atoms with Crippen molar-refractivity contribution in [3.05, 3.63) is 99.9 Å². The Morgan fingerprint density at radius 2 is 1.74 bits per heavy atom. The molecule has 1 heterocycles. The molecule has 10 heteroatoms. The van der Waals surface area contributed by atoms with E-state index < -0.39 is 41.0 Å². The van der Waals surface area contributed by atoms with Crippen molar-refractivity contribution in [2.45, 2.75) is 37.6 Å². The number of para-hydroxylation sites is 2. The van der Waals surface area contributed by atoms with Crippen LogP contribution in [0.3, 0.4) is 0 Å². The van der Waals surface area contributed by atoms with E-state index in [-0.39, 0.29) is 30.2 Å². The van der Waals surface area contributed by atoms with Crippen molar-refractivity contribution < 1.29 is 28.8 Å². The number of hydrogen-bond acceptors (Lipinski definition) is 6. The van der Waals surface area contributed by atoms with Gasteiger partial charge in [0.05, 0.1) is 34.7 Å². The van der Waals surface area contributed by atoms with Gasteiger partial charge in [-0.05, 0) is 47.7 Å². The number of aliphatic carboxylic acids is 1. The average molecular weight is 530 g/mol. The topological polar surface area (TPSA) is 130 Å². The summed E-state index contributed by atoms with van der Waals surface area (Å²) in [6.07, 6.45) is -0.306. The summed E-state index contributed by atoms with van der Waals surface area (Å²) in [6.45, 7) is 0. The molecule has 1 unspecified atom stereocenters. The van der Waals surface area contributed by atoms with Crippen LogP contribution in [-0.4, -0.2) is 33.4 Å². The molecule has 1 aliphatic carbocycles. The number of benzene rings is 3. The summed E-state index contributed by atoms with van der Waals surface area (Å²) in [5.74, 6) is -3.55. The third-order valence-corrected chi connectivity index (χ3v) is 7.19. The first-order valence-electron chi connectivity index (χ1n) is 12.5. The van der Waals surface area contributed by atoms with Crippen molar-refractivity contribution in [3.63, 3.8) is 0 Å². The molecule has 1 fully saturated rings. The lowest BCUT2D eigenvalue weighted by Gasteiger charge is -2.39. The summed E-state index contributed by atoms with van der Waals surface area (Å²) in [5.41, 5.74) is 2.45. The van der Waals surface area contributed by atoms with Crippen molar-refractivity contribution in [1.82, 2.24) is 0 Å². The second-order valence-electron chi connectivity index (χ2n) is 9.65. The molecule has 1 aliphatic heterocycles. The third-order valence-electron chi connectivity index (χ3n) is 7.19. The number of non-ortho nitro benzene ring substituents is 1. The van der Waals surface area contributed by atoms with Crippen LogP contribution in [0.15, 0.2) is 77.8 Å². The van der Waals surface area contributed by atoms with E-state index in [0.717, 1.165) is 0 Å². The van der Waals surface area contributed by atoms with Gasteiger partial charge in [0.15, 0.2) is 0 Å². The van der Waals surface area contributed by atoms with E-state index in [1.54, 1.807) is 36.4 Å². The molecular weight excluding hydrogens is 505 g/mol. The van der Waals surface area contributed by atoms with E-state index in [1.807, 2.05) is 0 Å². The second kappa shape index (κ2) is 10.6. The number of aliphatic imine (C=N–C) groups is 1. The maximum absolute atomic E-state index is 13.9. The number of carbonyl (C=O) groups excluding carboxylic acids is 2. The van der Waals surface area contributed by atoms with E-state index >= 15 is 0 Å². The van der Waals surface area contributed by atoms with Crippen LogP contribution in [0.25, 0.3) is 0 Å². The zero-order valence-corrected chi connectivity index (χ0v) is 20.7. The Bertz CT molecular complexity index is 1500. The molecule has 2 aliphatic rings. The summed E-state index contributed by atoms with van der Waals surface area (Å²) in [4.78, 5) is 55.9. The number of anilines is 1. The number of rotatable bonds is 6. The fraction of sp³-hybridized carbons (Fsp3) is 0.241. The number of carboxylic acid groups (broad SMARTS) is 1. The van der Waals surface area contributed by atoms with Crippen molar-refractivity contribution in [3.8, 4) is 0 Å². The summed E-state index contributed by atoms with van der Waals surface area (Å²) in [6, 6.07) is 17.7. The van der Waals surface area contributed by atoms with Gasteiger partial charge in [0.2, 0.25) is 5.91 Å². The highest BCUT2D eigenvalue weighted by atomic mass is 19.1. The quantitative estimate of drug-likeness (QED) is 0.330. The lowest BCUT2D eigenvalue weighted by Crippen LogP contribution is -2.45. The Labute approximate surface area is 222 Å². The van der Waals surface area contributed by atoms with E-state index in [4.69, 9.17) is 4.99 Å². The fourth-order valence-corrected chi connectivity index (χ4v) is 5.45. The number of fused-ring (bicyclic) bond motifs is 2.